The lowest BCUT2D eigenvalue weighted by Crippen LogP contribution is -2.50. The predicted molar refractivity (Wildman–Crippen MR) is 104 cm³/mol. The summed E-state index contributed by atoms with van der Waals surface area (Å²) in [5.74, 6) is 0.161. The fourth-order valence-electron chi connectivity index (χ4n) is 3.80. The maximum Gasteiger partial charge on any atom is 0.310 e. The molecule has 7 nitrogen and oxygen atoms in total. The lowest BCUT2D eigenvalue weighted by Gasteiger charge is -2.34. The number of carbonyl (C=O) groups excluding carboxylic acids is 2. The van der Waals surface area contributed by atoms with Crippen molar-refractivity contribution in [1.29, 1.82) is 0 Å². The second-order valence-electron chi connectivity index (χ2n) is 7.21. The van der Waals surface area contributed by atoms with Crippen LogP contribution in [0.15, 0.2) is 36.7 Å². The quantitative estimate of drug-likeness (QED) is 0.730. The summed E-state index contributed by atoms with van der Waals surface area (Å²) >= 11 is 0. The van der Waals surface area contributed by atoms with Gasteiger partial charge in [-0.3, -0.25) is 9.59 Å². The lowest BCUT2D eigenvalue weighted by molar-refractivity contribution is -0.151. The highest BCUT2D eigenvalue weighted by Crippen LogP contribution is 2.23. The van der Waals surface area contributed by atoms with Crippen molar-refractivity contribution >= 4 is 17.8 Å². The van der Waals surface area contributed by atoms with Crippen LogP contribution in [0.3, 0.4) is 0 Å². The van der Waals surface area contributed by atoms with E-state index in [-0.39, 0.29) is 24.9 Å². The number of rotatable bonds is 5. The molecule has 1 saturated heterocycles. The smallest absolute Gasteiger partial charge is 0.310 e. The molecule has 2 aliphatic rings. The highest BCUT2D eigenvalue weighted by atomic mass is 16.5. The normalized spacial score (nSPS) is 16.0. The summed E-state index contributed by atoms with van der Waals surface area (Å²) in [6.07, 6.45) is 7.01. The van der Waals surface area contributed by atoms with Crippen LogP contribution in [0.25, 0.3) is 0 Å². The number of fused-ring (bicyclic) bond motifs is 1. The molecule has 0 radical (unpaired) electrons. The van der Waals surface area contributed by atoms with E-state index in [2.05, 4.69) is 22.1 Å². The van der Waals surface area contributed by atoms with E-state index < -0.39 is 0 Å². The molecule has 2 heterocycles. The van der Waals surface area contributed by atoms with Crippen molar-refractivity contribution < 1.29 is 14.3 Å². The topological polar surface area (TPSA) is 75.6 Å². The van der Waals surface area contributed by atoms with E-state index >= 15 is 0 Å². The highest BCUT2D eigenvalue weighted by molar-refractivity contribution is 5.81. The molecule has 1 aliphatic heterocycles. The van der Waals surface area contributed by atoms with Crippen LogP contribution >= 0.6 is 0 Å². The molecular formula is C21H24N4O3. The number of benzene rings is 1. The van der Waals surface area contributed by atoms with Gasteiger partial charge in [-0.15, -0.1) is 0 Å². The first-order chi connectivity index (χ1) is 13.7. The van der Waals surface area contributed by atoms with Gasteiger partial charge in [0.15, 0.2) is 6.61 Å². The number of ether oxygens (including phenoxy) is 1. The van der Waals surface area contributed by atoms with Crippen LogP contribution in [0, 0.1) is 0 Å². The molecule has 0 N–H and O–H groups in total. The molecule has 4 rings (SSSR count). The standard InChI is InChI=1S/C21H24N4O3/c26-19(24-9-11-25(12-10-24)21-22-7-2-8-23-21)15-28-20(27)14-16-5-6-17-3-1-4-18(17)13-16/h2,5-8,13H,1,3-4,9-12,14-15H2. The van der Waals surface area contributed by atoms with Gasteiger partial charge >= 0.3 is 5.97 Å². The molecule has 1 fully saturated rings. The van der Waals surface area contributed by atoms with Crippen molar-refractivity contribution in [2.45, 2.75) is 25.7 Å². The third-order valence-electron chi connectivity index (χ3n) is 5.34. The van der Waals surface area contributed by atoms with E-state index in [4.69, 9.17) is 4.74 Å². The Morgan fingerprint density at radius 2 is 1.75 bits per heavy atom. The fraction of sp³-hybridized carbons (Fsp3) is 0.429. The summed E-state index contributed by atoms with van der Waals surface area (Å²) in [6, 6.07) is 7.96. The number of piperazine rings is 1. The van der Waals surface area contributed by atoms with Gasteiger partial charge in [-0.1, -0.05) is 18.2 Å². The van der Waals surface area contributed by atoms with Gasteiger partial charge in [-0.25, -0.2) is 9.97 Å². The molecular weight excluding hydrogens is 356 g/mol. The lowest BCUT2D eigenvalue weighted by atomic mass is 10.0. The van der Waals surface area contributed by atoms with Crippen molar-refractivity contribution in [3.8, 4) is 0 Å². The first-order valence-corrected chi connectivity index (χ1v) is 9.75. The zero-order valence-corrected chi connectivity index (χ0v) is 15.8. The number of aryl methyl sites for hydroxylation is 2. The zero-order chi connectivity index (χ0) is 19.3. The minimum absolute atomic E-state index is 0.157. The van der Waals surface area contributed by atoms with Crippen LogP contribution in [-0.2, 0) is 33.6 Å². The second kappa shape index (κ2) is 8.37. The minimum atomic E-state index is -0.359. The summed E-state index contributed by atoms with van der Waals surface area (Å²) in [5, 5.41) is 0. The van der Waals surface area contributed by atoms with Gasteiger partial charge in [0.25, 0.3) is 5.91 Å². The van der Waals surface area contributed by atoms with E-state index in [1.165, 1.54) is 17.5 Å². The van der Waals surface area contributed by atoms with Crippen LogP contribution in [0.4, 0.5) is 5.95 Å². The SMILES string of the molecule is O=C(Cc1ccc2c(c1)CCC2)OCC(=O)N1CCN(c2ncccn2)CC1. The Balaban J connectivity index is 1.22. The third-order valence-corrected chi connectivity index (χ3v) is 5.34. The number of hydrogen-bond donors (Lipinski definition) is 0. The summed E-state index contributed by atoms with van der Waals surface area (Å²) in [6.45, 7) is 2.27. The van der Waals surface area contributed by atoms with E-state index in [1.54, 1.807) is 23.4 Å². The largest absolute Gasteiger partial charge is 0.455 e. The van der Waals surface area contributed by atoms with Gasteiger partial charge in [0.1, 0.15) is 0 Å². The maximum atomic E-state index is 12.4. The molecule has 7 heteroatoms. The number of carbonyl (C=O) groups is 2. The Morgan fingerprint density at radius 3 is 2.54 bits per heavy atom. The van der Waals surface area contributed by atoms with Crippen molar-refractivity contribution in [1.82, 2.24) is 14.9 Å². The average molecular weight is 380 g/mol. The van der Waals surface area contributed by atoms with Gasteiger partial charge in [-0.2, -0.15) is 0 Å². The molecule has 1 aromatic carbocycles. The van der Waals surface area contributed by atoms with Crippen molar-refractivity contribution in [3.63, 3.8) is 0 Å². The second-order valence-corrected chi connectivity index (χ2v) is 7.21. The molecule has 0 atom stereocenters. The number of amides is 1. The predicted octanol–water partition coefficient (Wildman–Crippen LogP) is 1.40. The highest BCUT2D eigenvalue weighted by Gasteiger charge is 2.23. The Morgan fingerprint density at radius 1 is 1.00 bits per heavy atom. The maximum absolute atomic E-state index is 12.4. The summed E-state index contributed by atoms with van der Waals surface area (Å²) in [4.78, 5) is 36.7. The molecule has 28 heavy (non-hydrogen) atoms. The van der Waals surface area contributed by atoms with Crippen LogP contribution in [0.2, 0.25) is 0 Å². The molecule has 2 aromatic rings. The third kappa shape index (κ3) is 4.30. The minimum Gasteiger partial charge on any atom is -0.455 e. The number of nitrogens with zero attached hydrogens (tertiary/aromatic N) is 4. The molecule has 1 aliphatic carbocycles. The molecule has 0 bridgehead atoms. The van der Waals surface area contributed by atoms with E-state index in [1.807, 2.05) is 11.0 Å². The van der Waals surface area contributed by atoms with Crippen molar-refractivity contribution in [2.75, 3.05) is 37.7 Å². The number of esters is 1. The Labute approximate surface area is 164 Å². The van der Waals surface area contributed by atoms with Crippen molar-refractivity contribution in [2.24, 2.45) is 0 Å². The first-order valence-electron chi connectivity index (χ1n) is 9.75. The van der Waals surface area contributed by atoms with E-state index in [0.29, 0.717) is 32.1 Å². The van der Waals surface area contributed by atoms with Gasteiger partial charge in [0.2, 0.25) is 5.95 Å². The van der Waals surface area contributed by atoms with E-state index in [0.717, 1.165) is 18.4 Å². The van der Waals surface area contributed by atoms with Gasteiger partial charge in [-0.05, 0) is 42.0 Å². The molecule has 0 spiro atoms. The molecule has 1 amide bonds. The average Bonchev–Trinajstić information content (AvgIpc) is 3.21. The number of aromatic nitrogens is 2. The summed E-state index contributed by atoms with van der Waals surface area (Å²) < 4.78 is 5.22. The Bertz CT molecular complexity index is 848. The van der Waals surface area contributed by atoms with Gasteiger partial charge in [0, 0.05) is 38.6 Å². The number of anilines is 1. The summed E-state index contributed by atoms with van der Waals surface area (Å²) in [5.41, 5.74) is 3.67. The first kappa shape index (κ1) is 18.4. The van der Waals surface area contributed by atoms with Crippen LogP contribution < -0.4 is 4.90 Å². The molecule has 0 saturated carbocycles. The monoisotopic (exact) mass is 380 g/mol. The van der Waals surface area contributed by atoms with Crippen molar-refractivity contribution in [3.05, 3.63) is 53.3 Å². The molecule has 146 valence electrons. The van der Waals surface area contributed by atoms with Crippen LogP contribution in [0.1, 0.15) is 23.1 Å². The van der Waals surface area contributed by atoms with Gasteiger partial charge < -0.3 is 14.5 Å². The fourth-order valence-corrected chi connectivity index (χ4v) is 3.80. The number of hydrogen-bond acceptors (Lipinski definition) is 6. The van der Waals surface area contributed by atoms with Crippen LogP contribution in [0.5, 0.6) is 0 Å². The Kier molecular flexibility index (Phi) is 5.50. The zero-order valence-electron chi connectivity index (χ0n) is 15.8. The van der Waals surface area contributed by atoms with E-state index in [9.17, 15) is 9.59 Å². The molecule has 1 aromatic heterocycles. The van der Waals surface area contributed by atoms with Crippen LogP contribution in [-0.4, -0.2) is 59.5 Å². The summed E-state index contributed by atoms with van der Waals surface area (Å²) in [7, 11) is 0. The molecule has 0 unspecified atom stereocenters. The Hall–Kier alpha value is -2.96. The van der Waals surface area contributed by atoms with Gasteiger partial charge in [0.05, 0.1) is 6.42 Å².